The van der Waals surface area contributed by atoms with E-state index < -0.39 is 12.2 Å². The van der Waals surface area contributed by atoms with Crippen molar-refractivity contribution in [3.63, 3.8) is 0 Å². The van der Waals surface area contributed by atoms with Crippen LogP contribution < -0.4 is 0 Å². The van der Waals surface area contributed by atoms with Crippen LogP contribution in [0, 0.1) is 23.2 Å². The van der Waals surface area contributed by atoms with Gasteiger partial charge in [0.15, 0.2) is 0 Å². The van der Waals surface area contributed by atoms with Crippen LogP contribution in [0.4, 0.5) is 0 Å². The molecule has 0 spiro atoms. The quantitative estimate of drug-likeness (QED) is 0.527. The lowest BCUT2D eigenvalue weighted by atomic mass is 9.60. The van der Waals surface area contributed by atoms with E-state index in [1.54, 1.807) is 5.57 Å². The fraction of sp³-hybridized carbons (Fsp3) is 0.769. The van der Waals surface area contributed by atoms with Gasteiger partial charge in [-0.2, -0.15) is 0 Å². The summed E-state index contributed by atoms with van der Waals surface area (Å²) in [6.07, 6.45) is 14.0. The molecule has 3 nitrogen and oxygen atoms in total. The number of allylic oxidation sites excluding steroid dienone is 3. The van der Waals surface area contributed by atoms with Gasteiger partial charge >= 0.3 is 0 Å². The monoisotopic (exact) mass is 402 g/mol. The second kappa shape index (κ2) is 9.49. The average molecular weight is 403 g/mol. The minimum absolute atomic E-state index is 0.180. The molecule has 3 aliphatic carbocycles. The zero-order chi connectivity index (χ0) is 21.2. The van der Waals surface area contributed by atoms with Crippen molar-refractivity contribution in [2.45, 2.75) is 103 Å². The molecule has 7 atom stereocenters. The van der Waals surface area contributed by atoms with E-state index in [9.17, 15) is 15.3 Å². The molecule has 0 aromatic rings. The van der Waals surface area contributed by atoms with Crippen LogP contribution in [0.5, 0.6) is 0 Å². The van der Waals surface area contributed by atoms with Crippen molar-refractivity contribution >= 4 is 0 Å². The standard InChI is InChI=1S/C26H42O3/c1-17(7-5-8-18(2)27)22-12-13-23-21(9-6-14-26(22,23)4)11-10-20-15-24(28)19(3)25(29)16-20/h10-11,17-18,22-25,27-29H,3,5-9,12-16H2,1-2,4H3/t17-,18-,22+,23-,24+,25+,26+/m0/s1. The summed E-state index contributed by atoms with van der Waals surface area (Å²) in [4.78, 5) is 0. The van der Waals surface area contributed by atoms with E-state index in [0.717, 1.165) is 30.3 Å². The molecule has 0 unspecified atom stereocenters. The van der Waals surface area contributed by atoms with Crippen LogP contribution in [-0.2, 0) is 0 Å². The highest BCUT2D eigenvalue weighted by molar-refractivity contribution is 5.29. The molecule has 29 heavy (non-hydrogen) atoms. The van der Waals surface area contributed by atoms with Gasteiger partial charge in [-0.15, -0.1) is 0 Å². The van der Waals surface area contributed by atoms with Crippen molar-refractivity contribution in [2.75, 3.05) is 0 Å². The minimum Gasteiger partial charge on any atom is -0.393 e. The van der Waals surface area contributed by atoms with E-state index in [1.807, 2.05) is 6.92 Å². The van der Waals surface area contributed by atoms with E-state index in [2.05, 4.69) is 32.6 Å². The first-order valence-corrected chi connectivity index (χ1v) is 11.8. The summed E-state index contributed by atoms with van der Waals surface area (Å²) < 4.78 is 0. The van der Waals surface area contributed by atoms with Gasteiger partial charge in [0.05, 0.1) is 18.3 Å². The molecule has 0 saturated heterocycles. The lowest BCUT2D eigenvalue weighted by Crippen LogP contribution is -2.36. The number of rotatable bonds is 6. The van der Waals surface area contributed by atoms with Crippen LogP contribution in [0.15, 0.2) is 35.5 Å². The predicted octanol–water partition coefficient (Wildman–Crippen LogP) is 5.31. The van der Waals surface area contributed by atoms with Crippen molar-refractivity contribution in [3.05, 3.63) is 35.5 Å². The fourth-order valence-corrected chi connectivity index (χ4v) is 6.58. The maximum Gasteiger partial charge on any atom is 0.0809 e. The third-order valence-electron chi connectivity index (χ3n) is 8.31. The average Bonchev–Trinajstić information content (AvgIpc) is 3.01. The van der Waals surface area contributed by atoms with E-state index in [1.165, 1.54) is 38.5 Å². The van der Waals surface area contributed by atoms with Gasteiger partial charge in [0, 0.05) is 0 Å². The third kappa shape index (κ3) is 5.06. The minimum atomic E-state index is -0.613. The predicted molar refractivity (Wildman–Crippen MR) is 119 cm³/mol. The Balaban J connectivity index is 1.68. The lowest BCUT2D eigenvalue weighted by molar-refractivity contribution is 0.0907. The molecule has 0 aliphatic heterocycles. The molecule has 3 N–H and O–H groups in total. The highest BCUT2D eigenvalue weighted by Gasteiger charge is 2.50. The largest absolute Gasteiger partial charge is 0.393 e. The van der Waals surface area contributed by atoms with E-state index >= 15 is 0 Å². The lowest BCUT2D eigenvalue weighted by Gasteiger charge is -2.44. The molecule has 3 saturated carbocycles. The first-order valence-electron chi connectivity index (χ1n) is 11.8. The van der Waals surface area contributed by atoms with Crippen molar-refractivity contribution in [3.8, 4) is 0 Å². The van der Waals surface area contributed by atoms with Gasteiger partial charge in [-0.3, -0.25) is 0 Å². The molecular formula is C26H42O3. The number of hydrogen-bond donors (Lipinski definition) is 3. The summed E-state index contributed by atoms with van der Waals surface area (Å²) in [6, 6.07) is 0. The van der Waals surface area contributed by atoms with Crippen LogP contribution in [0.2, 0.25) is 0 Å². The van der Waals surface area contributed by atoms with Gasteiger partial charge in [-0.25, -0.2) is 0 Å². The van der Waals surface area contributed by atoms with Crippen molar-refractivity contribution in [1.82, 2.24) is 0 Å². The van der Waals surface area contributed by atoms with Crippen LogP contribution in [0.1, 0.15) is 85.0 Å². The third-order valence-corrected chi connectivity index (χ3v) is 8.31. The Morgan fingerprint density at radius 2 is 1.79 bits per heavy atom. The molecule has 3 heteroatoms. The molecule has 3 fully saturated rings. The number of aliphatic hydroxyl groups excluding tert-OH is 3. The molecule has 0 amide bonds. The molecule has 0 aromatic carbocycles. The second-order valence-corrected chi connectivity index (χ2v) is 10.4. The SMILES string of the molecule is C=C1[C@H](O)CC(=CC=C2CCC[C@]3(C)[C@@H]([C@@H](C)CCC[C@H](C)O)CC[C@@H]23)C[C@H]1O. The fourth-order valence-electron chi connectivity index (χ4n) is 6.58. The van der Waals surface area contributed by atoms with Crippen molar-refractivity contribution < 1.29 is 15.3 Å². The van der Waals surface area contributed by atoms with Gasteiger partial charge in [-0.05, 0) is 87.0 Å². The first kappa shape index (κ1) is 22.8. The maximum atomic E-state index is 10.1. The van der Waals surface area contributed by atoms with E-state index in [4.69, 9.17) is 0 Å². The Hall–Kier alpha value is -0.900. The number of hydrogen-bond acceptors (Lipinski definition) is 3. The Bertz CT molecular complexity index is 630. The Morgan fingerprint density at radius 3 is 2.45 bits per heavy atom. The van der Waals surface area contributed by atoms with Gasteiger partial charge in [0.2, 0.25) is 0 Å². The summed E-state index contributed by atoms with van der Waals surface area (Å²) >= 11 is 0. The summed E-state index contributed by atoms with van der Waals surface area (Å²) in [6.45, 7) is 10.7. The summed E-state index contributed by atoms with van der Waals surface area (Å²) in [7, 11) is 0. The number of aliphatic hydroxyl groups is 3. The van der Waals surface area contributed by atoms with Gasteiger partial charge in [0.25, 0.3) is 0 Å². The molecule has 0 heterocycles. The molecular weight excluding hydrogens is 360 g/mol. The zero-order valence-corrected chi connectivity index (χ0v) is 18.7. The van der Waals surface area contributed by atoms with Gasteiger partial charge in [0.1, 0.15) is 0 Å². The van der Waals surface area contributed by atoms with Gasteiger partial charge in [-0.1, -0.05) is 56.6 Å². The Labute approximate surface area is 177 Å². The molecule has 164 valence electrons. The Kier molecular flexibility index (Phi) is 7.46. The normalized spacial score (nSPS) is 38.8. The highest BCUT2D eigenvalue weighted by atomic mass is 16.3. The summed E-state index contributed by atoms with van der Waals surface area (Å²) in [5.74, 6) is 2.17. The molecule has 3 rings (SSSR count). The van der Waals surface area contributed by atoms with Crippen molar-refractivity contribution in [1.29, 1.82) is 0 Å². The van der Waals surface area contributed by atoms with Gasteiger partial charge < -0.3 is 15.3 Å². The molecule has 0 radical (unpaired) electrons. The van der Waals surface area contributed by atoms with Crippen LogP contribution in [0.3, 0.4) is 0 Å². The molecule has 0 bridgehead atoms. The van der Waals surface area contributed by atoms with E-state index in [-0.39, 0.29) is 6.10 Å². The van der Waals surface area contributed by atoms with E-state index in [0.29, 0.717) is 29.7 Å². The second-order valence-electron chi connectivity index (χ2n) is 10.4. The smallest absolute Gasteiger partial charge is 0.0809 e. The molecule has 3 aliphatic rings. The van der Waals surface area contributed by atoms with Crippen molar-refractivity contribution in [2.24, 2.45) is 23.2 Å². The van der Waals surface area contributed by atoms with Crippen LogP contribution >= 0.6 is 0 Å². The topological polar surface area (TPSA) is 60.7 Å². The summed E-state index contributed by atoms with van der Waals surface area (Å²) in [5.41, 5.74) is 3.67. The Morgan fingerprint density at radius 1 is 1.10 bits per heavy atom. The zero-order valence-electron chi connectivity index (χ0n) is 18.7. The van der Waals surface area contributed by atoms with Crippen LogP contribution in [0.25, 0.3) is 0 Å². The highest BCUT2D eigenvalue weighted by Crippen LogP contribution is 2.59. The summed E-state index contributed by atoms with van der Waals surface area (Å²) in [5, 5.41) is 29.8. The number of fused-ring (bicyclic) bond motifs is 1. The molecule has 0 aromatic heterocycles. The maximum absolute atomic E-state index is 10.1. The first-order chi connectivity index (χ1) is 13.7. The van der Waals surface area contributed by atoms with Crippen LogP contribution in [-0.4, -0.2) is 33.6 Å².